The smallest absolute Gasteiger partial charge is 0.293 e. The van der Waals surface area contributed by atoms with Crippen LogP contribution < -0.4 is 11.1 Å². The summed E-state index contributed by atoms with van der Waals surface area (Å²) < 4.78 is 0. The first-order valence-corrected chi connectivity index (χ1v) is 7.68. The molecule has 0 bridgehead atoms. The second kappa shape index (κ2) is 7.73. The molecule has 0 unspecified atom stereocenters. The first-order chi connectivity index (χ1) is 11.4. The van der Waals surface area contributed by atoms with Gasteiger partial charge in [-0.25, -0.2) is 0 Å². The number of nitro benzene ring substituents is 1. The molecule has 0 spiro atoms. The summed E-state index contributed by atoms with van der Waals surface area (Å²) in [6.07, 6.45) is 0. The minimum atomic E-state index is -0.701. The molecule has 0 saturated carbocycles. The SMILES string of the molecule is CC(=O)N1CCN(CCNc2ccc(C(N)=O)cc2[N+](=O)[O-])CC1. The number of carbonyl (C=O) groups excluding carboxylic acids is 2. The number of rotatable bonds is 6. The van der Waals surface area contributed by atoms with E-state index in [4.69, 9.17) is 5.73 Å². The molecule has 1 fully saturated rings. The Hall–Kier alpha value is -2.68. The van der Waals surface area contributed by atoms with Crippen LogP contribution in [-0.4, -0.2) is 65.8 Å². The minimum Gasteiger partial charge on any atom is -0.378 e. The van der Waals surface area contributed by atoms with Gasteiger partial charge in [0.25, 0.3) is 5.69 Å². The van der Waals surface area contributed by atoms with E-state index in [0.717, 1.165) is 13.1 Å². The maximum atomic E-state index is 11.3. The lowest BCUT2D eigenvalue weighted by Crippen LogP contribution is -2.49. The molecule has 9 heteroatoms. The van der Waals surface area contributed by atoms with Crippen LogP contribution in [0.15, 0.2) is 18.2 Å². The zero-order valence-electron chi connectivity index (χ0n) is 13.5. The van der Waals surface area contributed by atoms with Crippen molar-refractivity contribution in [3.05, 3.63) is 33.9 Å². The molecule has 9 nitrogen and oxygen atoms in total. The third-order valence-corrected chi connectivity index (χ3v) is 4.04. The van der Waals surface area contributed by atoms with E-state index in [2.05, 4.69) is 10.2 Å². The Bertz CT molecular complexity index is 641. The van der Waals surface area contributed by atoms with Crippen molar-refractivity contribution < 1.29 is 14.5 Å². The third kappa shape index (κ3) is 4.42. The molecule has 24 heavy (non-hydrogen) atoms. The zero-order chi connectivity index (χ0) is 17.7. The highest BCUT2D eigenvalue weighted by Gasteiger charge is 2.19. The Balaban J connectivity index is 1.89. The monoisotopic (exact) mass is 335 g/mol. The standard InChI is InChI=1S/C15H21N5O4/c1-11(21)19-8-6-18(7-9-19)5-4-17-13-3-2-12(15(16)22)10-14(13)20(23)24/h2-3,10,17H,4-9H2,1H3,(H2,16,22). The molecule has 1 aliphatic heterocycles. The molecular weight excluding hydrogens is 314 g/mol. The van der Waals surface area contributed by atoms with Crippen molar-refractivity contribution in [2.45, 2.75) is 6.92 Å². The predicted molar refractivity (Wildman–Crippen MR) is 88.8 cm³/mol. The Morgan fingerprint density at radius 2 is 1.96 bits per heavy atom. The summed E-state index contributed by atoms with van der Waals surface area (Å²) in [6.45, 7) is 5.75. The fourth-order valence-corrected chi connectivity index (χ4v) is 2.62. The molecule has 1 aromatic rings. The first kappa shape index (κ1) is 17.7. The maximum Gasteiger partial charge on any atom is 0.293 e. The quantitative estimate of drug-likeness (QED) is 0.568. The molecule has 3 N–H and O–H groups in total. The maximum absolute atomic E-state index is 11.3. The van der Waals surface area contributed by atoms with E-state index in [-0.39, 0.29) is 17.2 Å². The van der Waals surface area contributed by atoms with Crippen LogP contribution >= 0.6 is 0 Å². The predicted octanol–water partition coefficient (Wildman–Crippen LogP) is 0.270. The number of nitrogens with one attached hydrogen (secondary N) is 1. The van der Waals surface area contributed by atoms with Gasteiger partial charge in [0.2, 0.25) is 11.8 Å². The van der Waals surface area contributed by atoms with E-state index in [1.54, 1.807) is 11.8 Å². The molecule has 1 saturated heterocycles. The molecule has 1 aromatic carbocycles. The van der Waals surface area contributed by atoms with Crippen LogP contribution in [0, 0.1) is 10.1 Å². The molecule has 2 rings (SSSR count). The van der Waals surface area contributed by atoms with Crippen molar-refractivity contribution in [2.75, 3.05) is 44.6 Å². The molecule has 0 atom stereocenters. The molecule has 0 aliphatic carbocycles. The average molecular weight is 335 g/mol. The van der Waals surface area contributed by atoms with Gasteiger partial charge in [-0.05, 0) is 12.1 Å². The highest BCUT2D eigenvalue weighted by molar-refractivity contribution is 5.94. The third-order valence-electron chi connectivity index (χ3n) is 4.04. The summed E-state index contributed by atoms with van der Waals surface area (Å²) in [5.74, 6) is -0.620. The Morgan fingerprint density at radius 3 is 2.50 bits per heavy atom. The average Bonchev–Trinajstić information content (AvgIpc) is 2.55. The second-order valence-corrected chi connectivity index (χ2v) is 5.63. The minimum absolute atomic E-state index is 0.0814. The molecule has 0 aromatic heterocycles. The van der Waals surface area contributed by atoms with Crippen LogP contribution in [0.5, 0.6) is 0 Å². The van der Waals surface area contributed by atoms with Crippen molar-refractivity contribution in [3.63, 3.8) is 0 Å². The number of benzene rings is 1. The highest BCUT2D eigenvalue weighted by atomic mass is 16.6. The molecule has 1 aliphatic rings. The fraction of sp³-hybridized carbons (Fsp3) is 0.467. The number of anilines is 1. The van der Waals surface area contributed by atoms with E-state index < -0.39 is 10.8 Å². The van der Waals surface area contributed by atoms with Gasteiger partial charge in [-0.1, -0.05) is 0 Å². The zero-order valence-corrected chi connectivity index (χ0v) is 13.5. The first-order valence-electron chi connectivity index (χ1n) is 7.68. The van der Waals surface area contributed by atoms with Gasteiger partial charge in [0.05, 0.1) is 4.92 Å². The van der Waals surface area contributed by atoms with Crippen LogP contribution in [0.4, 0.5) is 11.4 Å². The van der Waals surface area contributed by atoms with Crippen molar-refractivity contribution in [2.24, 2.45) is 5.73 Å². The summed E-state index contributed by atoms with van der Waals surface area (Å²) in [6, 6.07) is 4.13. The van der Waals surface area contributed by atoms with Gasteiger partial charge in [0.1, 0.15) is 5.69 Å². The van der Waals surface area contributed by atoms with Gasteiger partial charge in [0.15, 0.2) is 0 Å². The van der Waals surface area contributed by atoms with Gasteiger partial charge < -0.3 is 16.0 Å². The van der Waals surface area contributed by atoms with Gasteiger partial charge in [0, 0.05) is 57.8 Å². The number of hydrogen-bond donors (Lipinski definition) is 2. The number of nitrogens with zero attached hydrogens (tertiary/aromatic N) is 3. The van der Waals surface area contributed by atoms with E-state index in [1.807, 2.05) is 0 Å². The lowest BCUT2D eigenvalue weighted by atomic mass is 10.1. The van der Waals surface area contributed by atoms with E-state index in [9.17, 15) is 19.7 Å². The van der Waals surface area contributed by atoms with Crippen molar-refractivity contribution in [3.8, 4) is 0 Å². The van der Waals surface area contributed by atoms with Gasteiger partial charge in [-0.3, -0.25) is 24.6 Å². The van der Waals surface area contributed by atoms with Crippen LogP contribution in [0.3, 0.4) is 0 Å². The summed E-state index contributed by atoms with van der Waals surface area (Å²) in [5.41, 5.74) is 5.43. The van der Waals surface area contributed by atoms with Crippen molar-refractivity contribution in [1.82, 2.24) is 9.80 Å². The molecular formula is C15H21N5O4. The fourth-order valence-electron chi connectivity index (χ4n) is 2.62. The summed E-state index contributed by atoms with van der Waals surface area (Å²) in [4.78, 5) is 37.0. The van der Waals surface area contributed by atoms with E-state index >= 15 is 0 Å². The van der Waals surface area contributed by atoms with Crippen molar-refractivity contribution in [1.29, 1.82) is 0 Å². The van der Waals surface area contributed by atoms with Crippen LogP contribution in [0.2, 0.25) is 0 Å². The van der Waals surface area contributed by atoms with Crippen molar-refractivity contribution >= 4 is 23.2 Å². The number of primary amides is 1. The number of nitrogens with two attached hydrogens (primary N) is 1. The molecule has 130 valence electrons. The van der Waals surface area contributed by atoms with Gasteiger partial charge in [-0.2, -0.15) is 0 Å². The normalized spacial score (nSPS) is 15.1. The Kier molecular flexibility index (Phi) is 5.69. The van der Waals surface area contributed by atoms with Gasteiger partial charge in [-0.15, -0.1) is 0 Å². The number of carbonyl (C=O) groups is 2. The summed E-state index contributed by atoms with van der Waals surface area (Å²) >= 11 is 0. The largest absolute Gasteiger partial charge is 0.378 e. The molecule has 1 heterocycles. The van der Waals surface area contributed by atoms with Gasteiger partial charge >= 0.3 is 0 Å². The topological polar surface area (TPSA) is 122 Å². The van der Waals surface area contributed by atoms with Crippen LogP contribution in [0.25, 0.3) is 0 Å². The Labute approximate surface area is 139 Å². The molecule has 2 amide bonds. The number of amides is 2. The summed E-state index contributed by atoms with van der Waals surface area (Å²) in [5, 5.41) is 14.2. The number of hydrogen-bond acceptors (Lipinski definition) is 6. The lowest BCUT2D eigenvalue weighted by Gasteiger charge is -2.34. The Morgan fingerprint density at radius 1 is 1.29 bits per heavy atom. The van der Waals surface area contributed by atoms with E-state index in [0.29, 0.717) is 31.9 Å². The summed E-state index contributed by atoms with van der Waals surface area (Å²) in [7, 11) is 0. The van der Waals surface area contributed by atoms with Crippen LogP contribution in [0.1, 0.15) is 17.3 Å². The number of piperazine rings is 1. The highest BCUT2D eigenvalue weighted by Crippen LogP contribution is 2.25. The lowest BCUT2D eigenvalue weighted by molar-refractivity contribution is -0.384. The van der Waals surface area contributed by atoms with Crippen LogP contribution in [-0.2, 0) is 4.79 Å². The van der Waals surface area contributed by atoms with E-state index in [1.165, 1.54) is 18.2 Å². The molecule has 0 radical (unpaired) electrons. The second-order valence-electron chi connectivity index (χ2n) is 5.63. The number of nitro groups is 1.